The monoisotopic (exact) mass is 432 g/mol. The van der Waals surface area contributed by atoms with Crippen LogP contribution in [-0.4, -0.2) is 60.9 Å². The molecule has 0 aliphatic carbocycles. The van der Waals surface area contributed by atoms with E-state index in [1.54, 1.807) is 24.3 Å². The van der Waals surface area contributed by atoms with Crippen molar-refractivity contribution in [2.45, 2.75) is 31.9 Å². The Morgan fingerprint density at radius 2 is 1.70 bits per heavy atom. The van der Waals surface area contributed by atoms with Gasteiger partial charge < -0.3 is 24.8 Å². The van der Waals surface area contributed by atoms with Gasteiger partial charge in [-0.3, -0.25) is 4.79 Å². The minimum atomic E-state index is -0.574. The minimum absolute atomic E-state index is 0.0179. The highest BCUT2D eigenvalue weighted by Gasteiger charge is 2.22. The minimum Gasteiger partial charge on any atom is -0.491 e. The fourth-order valence-corrected chi connectivity index (χ4v) is 3.51. The Balaban J connectivity index is 1.30. The number of nitrogens with one attached hydrogen (secondary N) is 1. The van der Waals surface area contributed by atoms with E-state index in [1.165, 1.54) is 0 Å². The van der Waals surface area contributed by atoms with Crippen LogP contribution in [0.25, 0.3) is 0 Å². The zero-order valence-corrected chi connectivity index (χ0v) is 18.0. The first-order chi connectivity index (χ1) is 14.5. The van der Waals surface area contributed by atoms with E-state index in [1.807, 2.05) is 31.2 Å². The molecule has 3 rings (SSSR count). The lowest BCUT2D eigenvalue weighted by Crippen LogP contribution is -2.48. The van der Waals surface area contributed by atoms with Gasteiger partial charge in [-0.05, 0) is 56.2 Å². The molecule has 1 aliphatic heterocycles. The SMILES string of the molecule is Cc1ccc(OCC(=O)NC2CCN(CC(O)COc3ccc(Cl)cc3)CC2)cc1. The molecule has 2 aromatic carbocycles. The molecule has 1 unspecified atom stereocenters. The number of ether oxygens (including phenoxy) is 2. The molecule has 0 saturated carbocycles. The second-order valence-corrected chi connectivity index (χ2v) is 8.10. The van der Waals surface area contributed by atoms with Gasteiger partial charge in [0.05, 0.1) is 0 Å². The summed E-state index contributed by atoms with van der Waals surface area (Å²) in [5.74, 6) is 1.28. The van der Waals surface area contributed by atoms with E-state index < -0.39 is 6.10 Å². The highest BCUT2D eigenvalue weighted by molar-refractivity contribution is 6.30. The first-order valence-corrected chi connectivity index (χ1v) is 10.6. The van der Waals surface area contributed by atoms with E-state index in [0.29, 0.717) is 23.1 Å². The summed E-state index contributed by atoms with van der Waals surface area (Å²) in [5.41, 5.74) is 1.15. The second kappa shape index (κ2) is 11.2. The van der Waals surface area contributed by atoms with Crippen molar-refractivity contribution < 1.29 is 19.4 Å². The van der Waals surface area contributed by atoms with Crippen LogP contribution in [0, 0.1) is 6.92 Å². The zero-order valence-electron chi connectivity index (χ0n) is 17.2. The number of hydrogen-bond donors (Lipinski definition) is 2. The third-order valence-corrected chi connectivity index (χ3v) is 5.32. The Labute approximate surface area is 182 Å². The molecule has 0 radical (unpaired) electrons. The van der Waals surface area contributed by atoms with Gasteiger partial charge in [-0.2, -0.15) is 0 Å². The van der Waals surface area contributed by atoms with Crippen LogP contribution >= 0.6 is 11.6 Å². The van der Waals surface area contributed by atoms with E-state index in [2.05, 4.69) is 10.2 Å². The largest absolute Gasteiger partial charge is 0.491 e. The van der Waals surface area contributed by atoms with Crippen LogP contribution in [0.4, 0.5) is 0 Å². The third-order valence-electron chi connectivity index (χ3n) is 5.07. The smallest absolute Gasteiger partial charge is 0.258 e. The van der Waals surface area contributed by atoms with E-state index >= 15 is 0 Å². The number of likely N-dealkylation sites (tertiary alicyclic amines) is 1. The van der Waals surface area contributed by atoms with Crippen molar-refractivity contribution >= 4 is 17.5 Å². The molecule has 7 heteroatoms. The van der Waals surface area contributed by atoms with Crippen molar-refractivity contribution in [3.8, 4) is 11.5 Å². The number of aliphatic hydroxyl groups excluding tert-OH is 1. The number of piperidine rings is 1. The molecule has 1 atom stereocenters. The summed E-state index contributed by atoms with van der Waals surface area (Å²) in [6.07, 6.45) is 1.12. The van der Waals surface area contributed by atoms with Crippen molar-refractivity contribution in [2.24, 2.45) is 0 Å². The molecule has 1 fully saturated rings. The number of amides is 1. The van der Waals surface area contributed by atoms with Gasteiger partial charge in [0.1, 0.15) is 24.2 Å². The van der Waals surface area contributed by atoms with Crippen LogP contribution in [0.15, 0.2) is 48.5 Å². The van der Waals surface area contributed by atoms with Gasteiger partial charge in [0.15, 0.2) is 6.61 Å². The number of aliphatic hydroxyl groups is 1. The number of halogens is 1. The number of carbonyl (C=O) groups excluding carboxylic acids is 1. The van der Waals surface area contributed by atoms with Crippen LogP contribution in [0.2, 0.25) is 5.02 Å². The molecule has 2 N–H and O–H groups in total. The van der Waals surface area contributed by atoms with Crippen molar-refractivity contribution in [3.05, 3.63) is 59.1 Å². The van der Waals surface area contributed by atoms with Crippen LogP contribution in [0.3, 0.4) is 0 Å². The summed E-state index contributed by atoms with van der Waals surface area (Å²) in [6.45, 7) is 4.45. The number of hydrogen-bond acceptors (Lipinski definition) is 5. The predicted molar refractivity (Wildman–Crippen MR) is 117 cm³/mol. The molecule has 6 nitrogen and oxygen atoms in total. The van der Waals surface area contributed by atoms with Gasteiger partial charge in [-0.15, -0.1) is 0 Å². The molecule has 2 aromatic rings. The van der Waals surface area contributed by atoms with Crippen molar-refractivity contribution in [1.29, 1.82) is 0 Å². The van der Waals surface area contributed by atoms with Crippen LogP contribution < -0.4 is 14.8 Å². The molecule has 0 bridgehead atoms. The molecule has 0 aromatic heterocycles. The Morgan fingerprint density at radius 3 is 2.37 bits per heavy atom. The lowest BCUT2D eigenvalue weighted by Gasteiger charge is -2.33. The summed E-state index contributed by atoms with van der Waals surface area (Å²) in [5, 5.41) is 13.9. The number of nitrogens with zero attached hydrogens (tertiary/aromatic N) is 1. The average molecular weight is 433 g/mol. The number of carbonyl (C=O) groups is 1. The molecule has 1 saturated heterocycles. The summed E-state index contributed by atoms with van der Waals surface area (Å²) in [6, 6.07) is 14.9. The van der Waals surface area contributed by atoms with Gasteiger partial charge in [0.2, 0.25) is 0 Å². The van der Waals surface area contributed by atoms with Gasteiger partial charge in [0, 0.05) is 30.7 Å². The number of aryl methyl sites for hydroxylation is 1. The lowest BCUT2D eigenvalue weighted by atomic mass is 10.0. The molecule has 1 heterocycles. The third kappa shape index (κ3) is 7.52. The molecule has 162 valence electrons. The Bertz CT molecular complexity index is 790. The van der Waals surface area contributed by atoms with E-state index in [4.69, 9.17) is 21.1 Å². The van der Waals surface area contributed by atoms with E-state index in [9.17, 15) is 9.90 Å². The molecule has 30 heavy (non-hydrogen) atoms. The number of benzene rings is 2. The van der Waals surface area contributed by atoms with Crippen LogP contribution in [0.5, 0.6) is 11.5 Å². The van der Waals surface area contributed by atoms with Gasteiger partial charge in [0.25, 0.3) is 5.91 Å². The molecule has 1 amide bonds. The van der Waals surface area contributed by atoms with Gasteiger partial charge >= 0.3 is 0 Å². The molecule has 0 spiro atoms. The summed E-state index contributed by atoms with van der Waals surface area (Å²) < 4.78 is 11.1. The first kappa shape index (κ1) is 22.4. The van der Waals surface area contributed by atoms with Crippen molar-refractivity contribution in [3.63, 3.8) is 0 Å². The predicted octanol–water partition coefficient (Wildman–Crippen LogP) is 3.05. The molecule has 1 aliphatic rings. The summed E-state index contributed by atoms with van der Waals surface area (Å²) in [7, 11) is 0. The summed E-state index contributed by atoms with van der Waals surface area (Å²) >= 11 is 5.85. The normalized spacial score (nSPS) is 16.1. The highest BCUT2D eigenvalue weighted by atomic mass is 35.5. The van der Waals surface area contributed by atoms with Crippen molar-refractivity contribution in [1.82, 2.24) is 10.2 Å². The summed E-state index contributed by atoms with van der Waals surface area (Å²) in [4.78, 5) is 14.3. The maximum absolute atomic E-state index is 12.1. The highest BCUT2D eigenvalue weighted by Crippen LogP contribution is 2.16. The van der Waals surface area contributed by atoms with Gasteiger partial charge in [-0.1, -0.05) is 29.3 Å². The Morgan fingerprint density at radius 1 is 1.10 bits per heavy atom. The van der Waals surface area contributed by atoms with E-state index in [-0.39, 0.29) is 25.2 Å². The maximum atomic E-state index is 12.1. The standard InChI is InChI=1S/C23H29ClN2O4/c1-17-2-6-21(7-3-17)30-16-23(28)25-19-10-12-26(13-11-19)14-20(27)15-29-22-8-4-18(24)5-9-22/h2-9,19-20,27H,10-16H2,1H3,(H,25,28). The quantitative estimate of drug-likeness (QED) is 0.637. The Kier molecular flexibility index (Phi) is 8.37. The first-order valence-electron chi connectivity index (χ1n) is 10.3. The van der Waals surface area contributed by atoms with Crippen LogP contribution in [0.1, 0.15) is 18.4 Å². The fraction of sp³-hybridized carbons (Fsp3) is 0.435. The lowest BCUT2D eigenvalue weighted by molar-refractivity contribution is -0.124. The fourth-order valence-electron chi connectivity index (χ4n) is 3.39. The average Bonchev–Trinajstić information content (AvgIpc) is 2.74. The zero-order chi connectivity index (χ0) is 21.3. The van der Waals surface area contributed by atoms with Crippen LogP contribution in [-0.2, 0) is 4.79 Å². The van der Waals surface area contributed by atoms with E-state index in [0.717, 1.165) is 31.5 Å². The second-order valence-electron chi connectivity index (χ2n) is 7.66. The maximum Gasteiger partial charge on any atom is 0.258 e. The van der Waals surface area contributed by atoms with Gasteiger partial charge in [-0.25, -0.2) is 0 Å². The molecular weight excluding hydrogens is 404 g/mol. The molecular formula is C23H29ClN2O4. The number of rotatable bonds is 9. The Hall–Kier alpha value is -2.28. The number of β-amino-alcohol motifs (C(OH)–C–C–N with tert-alkyl or cyclic N) is 1. The topological polar surface area (TPSA) is 71.0 Å². The van der Waals surface area contributed by atoms with Crippen molar-refractivity contribution in [2.75, 3.05) is 32.8 Å².